The van der Waals surface area contributed by atoms with Gasteiger partial charge in [-0.2, -0.15) is 0 Å². The Bertz CT molecular complexity index is 220. The van der Waals surface area contributed by atoms with Crippen LogP contribution in [0.3, 0.4) is 0 Å². The van der Waals surface area contributed by atoms with E-state index in [4.69, 9.17) is 9.79 Å². The van der Waals surface area contributed by atoms with Gasteiger partial charge in [0.25, 0.3) is 0 Å². The van der Waals surface area contributed by atoms with Crippen LogP contribution in [0.4, 0.5) is 0 Å². The first-order valence-corrected chi connectivity index (χ1v) is 7.75. The van der Waals surface area contributed by atoms with Crippen LogP contribution >= 0.6 is 7.82 Å². The molecular weight excluding hydrogens is 350 g/mol. The summed E-state index contributed by atoms with van der Waals surface area (Å²) in [7, 11) is -5.13. The third-order valence-electron chi connectivity index (χ3n) is 0.188. The van der Waals surface area contributed by atoms with Gasteiger partial charge in [-0.15, -0.1) is 0 Å². The number of hydrogen-bond acceptors (Lipinski definition) is 5. The van der Waals surface area contributed by atoms with Crippen molar-refractivity contribution in [2.24, 2.45) is 0 Å². The molecule has 0 spiro atoms. The van der Waals surface area contributed by atoms with E-state index in [2.05, 4.69) is 3.18 Å². The topological polar surface area (TPSA) is 124 Å². The number of hydrogen-bond donors (Lipinski definition) is 2. The summed E-state index contributed by atoms with van der Waals surface area (Å²) < 4.78 is 40.9. The summed E-state index contributed by atoms with van der Waals surface area (Å²) >= 11 is -6.44. The first kappa shape index (κ1) is 13.9. The Balaban J connectivity index is 0. The molecular formula is H2NaO7PW. The van der Waals surface area contributed by atoms with E-state index in [9.17, 15) is 15.1 Å². The summed E-state index contributed by atoms with van der Waals surface area (Å²) in [6, 6.07) is 0. The summed E-state index contributed by atoms with van der Waals surface area (Å²) in [4.78, 5) is 15.4. The Labute approximate surface area is 81.6 Å². The van der Waals surface area contributed by atoms with Crippen molar-refractivity contribution in [1.82, 2.24) is 0 Å². The molecule has 0 rings (SSSR count). The van der Waals surface area contributed by atoms with Crippen LogP contribution in [0.5, 0.6) is 0 Å². The average Bonchev–Trinajstić information content (AvgIpc) is 1.14. The molecule has 0 fully saturated rings. The first-order chi connectivity index (χ1) is 3.71. The van der Waals surface area contributed by atoms with Crippen LogP contribution in [0.2, 0.25) is 0 Å². The van der Waals surface area contributed by atoms with Crippen LogP contribution in [0.25, 0.3) is 0 Å². The second-order valence-corrected chi connectivity index (χ2v) is 6.64. The fourth-order valence-corrected chi connectivity index (χ4v) is 2.92. The van der Waals surface area contributed by atoms with Gasteiger partial charge in [-0.25, -0.2) is 0 Å². The van der Waals surface area contributed by atoms with Crippen LogP contribution in [0.1, 0.15) is 0 Å². The Morgan fingerprint density at radius 2 is 1.70 bits per heavy atom. The quantitative estimate of drug-likeness (QED) is 0.377. The van der Waals surface area contributed by atoms with E-state index in [1.54, 1.807) is 0 Å². The van der Waals surface area contributed by atoms with Gasteiger partial charge in [-0.05, 0) is 0 Å². The molecule has 0 unspecified atom stereocenters. The van der Waals surface area contributed by atoms with Crippen LogP contribution in [0.15, 0.2) is 0 Å². The molecule has 2 N–H and O–H groups in total. The monoisotopic (exact) mass is 352 g/mol. The minimum absolute atomic E-state index is 0. The fourth-order valence-electron chi connectivity index (χ4n) is 0.119. The van der Waals surface area contributed by atoms with E-state index in [1.807, 2.05) is 0 Å². The maximum atomic E-state index is 9.57. The molecule has 0 aliphatic heterocycles. The Kier molecular flexibility index (Phi) is 6.12. The minimum Gasteiger partial charge on any atom is 1.00 e. The predicted molar refractivity (Wildman–Crippen MR) is 14.5 cm³/mol. The van der Waals surface area contributed by atoms with Crippen molar-refractivity contribution in [2.45, 2.75) is 0 Å². The van der Waals surface area contributed by atoms with E-state index in [1.165, 1.54) is 0 Å². The van der Waals surface area contributed by atoms with Crippen LogP contribution < -0.4 is 33.3 Å². The predicted octanol–water partition coefficient (Wildman–Crippen LogP) is -4.87. The molecule has 0 saturated carbocycles. The van der Waals surface area contributed by atoms with Crippen molar-refractivity contribution in [3.63, 3.8) is 0 Å². The number of phosphoric acid groups is 1. The van der Waals surface area contributed by atoms with Gasteiger partial charge in [-0.3, -0.25) is 0 Å². The molecule has 56 valence electrons. The Morgan fingerprint density at radius 1 is 1.40 bits per heavy atom. The standard InChI is InChI=1S/Na.H3O4P.3O.W/c;1-5(2,3)4;;;;/h;(H3,1,2,3,4);;;;/q+1;;;;-1;+1/p-1. The third kappa shape index (κ3) is 12.1. The molecule has 0 aromatic heterocycles. The Hall–Kier alpha value is 1.36. The molecule has 0 aliphatic rings. The number of rotatable bonds is 2. The van der Waals surface area contributed by atoms with E-state index >= 15 is 0 Å². The Morgan fingerprint density at radius 3 is 1.70 bits per heavy atom. The van der Waals surface area contributed by atoms with Gasteiger partial charge in [0.2, 0.25) is 0 Å². The molecule has 0 bridgehead atoms. The molecule has 0 heterocycles. The van der Waals surface area contributed by atoms with Crippen LogP contribution in [-0.2, 0) is 31.3 Å². The molecule has 0 aromatic carbocycles. The molecule has 0 radical (unpaired) electrons. The smallest absolute Gasteiger partial charge is 1.00 e. The molecule has 7 nitrogen and oxygen atoms in total. The van der Waals surface area contributed by atoms with E-state index in [0.29, 0.717) is 0 Å². The molecule has 0 aliphatic carbocycles. The van der Waals surface area contributed by atoms with Gasteiger partial charge >= 0.3 is 82.2 Å². The normalized spacial score (nSPS) is 12.3. The zero-order valence-corrected chi connectivity index (χ0v) is 10.6. The van der Waals surface area contributed by atoms with Gasteiger partial charge in [0.05, 0.1) is 0 Å². The fraction of sp³-hybridized carbons (Fsp3) is 0. The summed E-state index contributed by atoms with van der Waals surface area (Å²) in [5.74, 6) is 0. The SMILES string of the molecule is O=P(O)(O)[O][W](=[O])(=[O])[O-].[Na+]. The van der Waals surface area contributed by atoms with Crippen molar-refractivity contribution in [2.75, 3.05) is 0 Å². The third-order valence-corrected chi connectivity index (χ3v) is 4.63. The molecule has 0 saturated heterocycles. The maximum Gasteiger partial charge on any atom is 1.00 e. The van der Waals surface area contributed by atoms with Gasteiger partial charge in [0, 0.05) is 0 Å². The van der Waals surface area contributed by atoms with Gasteiger partial charge in [0.15, 0.2) is 0 Å². The average molecular weight is 352 g/mol. The second kappa shape index (κ2) is 4.40. The second-order valence-electron chi connectivity index (χ2n) is 0.973. The summed E-state index contributed by atoms with van der Waals surface area (Å²) in [5, 5.41) is 0. The molecule has 0 atom stereocenters. The first-order valence-electron chi connectivity index (χ1n) is 1.43. The van der Waals surface area contributed by atoms with E-state index < -0.39 is 24.6 Å². The largest absolute Gasteiger partial charge is 1.00 e. The van der Waals surface area contributed by atoms with Crippen LogP contribution in [0, 0.1) is 0 Å². The molecule has 0 aromatic rings. The zero-order valence-electron chi connectivity index (χ0n) is 4.79. The maximum absolute atomic E-state index is 9.57. The van der Waals surface area contributed by atoms with Crippen molar-refractivity contribution in [3.05, 3.63) is 0 Å². The van der Waals surface area contributed by atoms with Gasteiger partial charge < -0.3 is 0 Å². The van der Waals surface area contributed by atoms with Crippen LogP contribution in [-0.4, -0.2) is 9.79 Å². The van der Waals surface area contributed by atoms with Crippen molar-refractivity contribution >= 4 is 7.82 Å². The van der Waals surface area contributed by atoms with Crippen molar-refractivity contribution in [1.29, 1.82) is 0 Å². The summed E-state index contributed by atoms with van der Waals surface area (Å²) in [6.45, 7) is 0. The molecule has 0 amide bonds. The van der Waals surface area contributed by atoms with E-state index in [0.717, 1.165) is 0 Å². The van der Waals surface area contributed by atoms with Crippen molar-refractivity contribution < 1.29 is 74.4 Å². The molecule has 10 heteroatoms. The van der Waals surface area contributed by atoms with Gasteiger partial charge in [0.1, 0.15) is 0 Å². The zero-order chi connectivity index (χ0) is 7.71. The van der Waals surface area contributed by atoms with E-state index in [-0.39, 0.29) is 29.6 Å². The molecule has 10 heavy (non-hydrogen) atoms. The van der Waals surface area contributed by atoms with Crippen molar-refractivity contribution in [3.8, 4) is 0 Å². The summed E-state index contributed by atoms with van der Waals surface area (Å²) in [6.07, 6.45) is 0. The summed E-state index contributed by atoms with van der Waals surface area (Å²) in [5.41, 5.74) is 0. The van der Waals surface area contributed by atoms with Gasteiger partial charge in [-0.1, -0.05) is 0 Å². The minimum atomic E-state index is -6.44.